The number of hydrogen-bond acceptors (Lipinski definition) is 0. The van der Waals surface area contributed by atoms with E-state index >= 15 is 0 Å². The van der Waals surface area contributed by atoms with Crippen LogP contribution in [0.4, 0.5) is 0 Å². The van der Waals surface area contributed by atoms with Crippen molar-refractivity contribution in [2.45, 2.75) is 72.6 Å². The number of hydrogen-bond donors (Lipinski definition) is 0. The van der Waals surface area contributed by atoms with Gasteiger partial charge in [-0.25, -0.2) is 0 Å². The van der Waals surface area contributed by atoms with Gasteiger partial charge in [0.15, 0.2) is 0 Å². The lowest BCUT2D eigenvalue weighted by Crippen LogP contribution is -1.95. The minimum atomic E-state index is 0.936. The Labute approximate surface area is 90.8 Å². The molecule has 0 saturated carbocycles. The van der Waals surface area contributed by atoms with Crippen LogP contribution in [-0.2, 0) is 0 Å². The Hall–Kier alpha value is -0.260. The van der Waals surface area contributed by atoms with Crippen LogP contribution in [-0.4, -0.2) is 0 Å². The van der Waals surface area contributed by atoms with Gasteiger partial charge in [0.2, 0.25) is 0 Å². The van der Waals surface area contributed by atoms with Crippen LogP contribution in [0.2, 0.25) is 0 Å². The van der Waals surface area contributed by atoms with E-state index in [1.807, 2.05) is 0 Å². The second-order valence-electron chi connectivity index (χ2n) is 4.63. The first kappa shape index (κ1) is 13.7. The Kier molecular flexibility index (Phi) is 9.13. The van der Waals surface area contributed by atoms with Gasteiger partial charge in [-0.05, 0) is 32.6 Å². The molecule has 0 N–H and O–H groups in total. The zero-order valence-corrected chi connectivity index (χ0v) is 10.6. The maximum Gasteiger partial charge on any atom is -0.0323 e. The lowest BCUT2D eigenvalue weighted by atomic mass is 9.96. The third-order valence-electron chi connectivity index (χ3n) is 3.06. The molecular formula is C14H28. The molecule has 0 aliphatic rings. The van der Waals surface area contributed by atoms with Crippen molar-refractivity contribution in [3.8, 4) is 0 Å². The van der Waals surface area contributed by atoms with E-state index < -0.39 is 0 Å². The maximum atomic E-state index is 2.40. The van der Waals surface area contributed by atoms with Crippen LogP contribution in [0.25, 0.3) is 0 Å². The molecule has 0 radical (unpaired) electrons. The SMILES string of the molecule is CC=C(C)CCCC(C)CCCCC. The summed E-state index contributed by atoms with van der Waals surface area (Å²) < 4.78 is 0. The predicted molar refractivity (Wildman–Crippen MR) is 66.6 cm³/mol. The molecule has 0 rings (SSSR count). The largest absolute Gasteiger partial charge is 0.0887 e. The zero-order chi connectivity index (χ0) is 10.8. The smallest absolute Gasteiger partial charge is 0.0323 e. The molecule has 0 aromatic heterocycles. The molecule has 1 unspecified atom stereocenters. The van der Waals surface area contributed by atoms with Gasteiger partial charge >= 0.3 is 0 Å². The van der Waals surface area contributed by atoms with E-state index in [-0.39, 0.29) is 0 Å². The van der Waals surface area contributed by atoms with Crippen LogP contribution < -0.4 is 0 Å². The molecule has 84 valence electrons. The molecule has 0 spiro atoms. The van der Waals surface area contributed by atoms with Gasteiger partial charge in [-0.15, -0.1) is 0 Å². The molecule has 0 aliphatic heterocycles. The summed E-state index contributed by atoms with van der Waals surface area (Å²) in [4.78, 5) is 0. The zero-order valence-electron chi connectivity index (χ0n) is 10.6. The first-order valence-electron chi connectivity index (χ1n) is 6.32. The van der Waals surface area contributed by atoms with Gasteiger partial charge in [-0.1, -0.05) is 57.6 Å². The second kappa shape index (κ2) is 9.30. The molecule has 0 bridgehead atoms. The summed E-state index contributed by atoms with van der Waals surface area (Å²) in [7, 11) is 0. The fraction of sp³-hybridized carbons (Fsp3) is 0.857. The topological polar surface area (TPSA) is 0 Å². The minimum Gasteiger partial charge on any atom is -0.0887 e. The highest BCUT2D eigenvalue weighted by atomic mass is 14.1. The van der Waals surface area contributed by atoms with Crippen molar-refractivity contribution in [1.29, 1.82) is 0 Å². The molecule has 0 aromatic rings. The van der Waals surface area contributed by atoms with E-state index in [0.717, 1.165) is 5.92 Å². The minimum absolute atomic E-state index is 0.936. The van der Waals surface area contributed by atoms with Gasteiger partial charge in [-0.2, -0.15) is 0 Å². The molecule has 0 amide bonds. The predicted octanol–water partition coefficient (Wildman–Crippen LogP) is 5.34. The van der Waals surface area contributed by atoms with Crippen molar-refractivity contribution >= 4 is 0 Å². The molecule has 0 aliphatic carbocycles. The molecule has 0 saturated heterocycles. The molecule has 14 heavy (non-hydrogen) atoms. The van der Waals surface area contributed by atoms with Crippen LogP contribution >= 0.6 is 0 Å². The van der Waals surface area contributed by atoms with E-state index in [9.17, 15) is 0 Å². The van der Waals surface area contributed by atoms with Crippen LogP contribution in [0.15, 0.2) is 11.6 Å². The third kappa shape index (κ3) is 8.34. The first-order chi connectivity index (χ1) is 6.70. The van der Waals surface area contributed by atoms with Crippen molar-refractivity contribution in [1.82, 2.24) is 0 Å². The van der Waals surface area contributed by atoms with Crippen molar-refractivity contribution in [2.75, 3.05) is 0 Å². The van der Waals surface area contributed by atoms with Gasteiger partial charge in [0, 0.05) is 0 Å². The Morgan fingerprint density at radius 1 is 1.14 bits per heavy atom. The number of rotatable bonds is 8. The molecule has 0 fully saturated rings. The quantitative estimate of drug-likeness (QED) is 0.363. The summed E-state index contributed by atoms with van der Waals surface area (Å²) in [6.07, 6.45) is 12.0. The Morgan fingerprint density at radius 2 is 1.79 bits per heavy atom. The third-order valence-corrected chi connectivity index (χ3v) is 3.06. The highest BCUT2D eigenvalue weighted by Crippen LogP contribution is 2.17. The summed E-state index contributed by atoms with van der Waals surface area (Å²) in [5.74, 6) is 0.936. The monoisotopic (exact) mass is 196 g/mol. The molecule has 0 aromatic carbocycles. The van der Waals surface area contributed by atoms with Crippen molar-refractivity contribution in [2.24, 2.45) is 5.92 Å². The van der Waals surface area contributed by atoms with E-state index in [1.54, 1.807) is 5.57 Å². The fourth-order valence-electron chi connectivity index (χ4n) is 1.76. The Balaban J connectivity index is 3.30. The fourth-order valence-corrected chi connectivity index (χ4v) is 1.76. The van der Waals surface area contributed by atoms with E-state index in [0.29, 0.717) is 0 Å². The summed E-state index contributed by atoms with van der Waals surface area (Å²) in [6.45, 7) is 9.06. The lowest BCUT2D eigenvalue weighted by molar-refractivity contribution is 0.450. The van der Waals surface area contributed by atoms with Crippen molar-refractivity contribution in [3.05, 3.63) is 11.6 Å². The van der Waals surface area contributed by atoms with Crippen LogP contribution in [0.1, 0.15) is 72.6 Å². The van der Waals surface area contributed by atoms with Crippen LogP contribution in [0.5, 0.6) is 0 Å². The van der Waals surface area contributed by atoms with Crippen molar-refractivity contribution < 1.29 is 0 Å². The maximum absolute atomic E-state index is 2.40. The van der Waals surface area contributed by atoms with Crippen LogP contribution in [0, 0.1) is 5.92 Å². The lowest BCUT2D eigenvalue weighted by Gasteiger charge is -2.10. The van der Waals surface area contributed by atoms with Gasteiger partial charge in [0.25, 0.3) is 0 Å². The number of unbranched alkanes of at least 4 members (excludes halogenated alkanes) is 2. The van der Waals surface area contributed by atoms with Gasteiger partial charge in [0.1, 0.15) is 0 Å². The van der Waals surface area contributed by atoms with E-state index in [4.69, 9.17) is 0 Å². The first-order valence-corrected chi connectivity index (χ1v) is 6.32. The van der Waals surface area contributed by atoms with E-state index in [2.05, 4.69) is 33.8 Å². The average molecular weight is 196 g/mol. The summed E-state index contributed by atoms with van der Waals surface area (Å²) in [5.41, 5.74) is 1.55. The van der Waals surface area contributed by atoms with Crippen molar-refractivity contribution in [3.63, 3.8) is 0 Å². The highest BCUT2D eigenvalue weighted by molar-refractivity contribution is 4.94. The highest BCUT2D eigenvalue weighted by Gasteiger charge is 2.01. The molecular weight excluding hydrogens is 168 g/mol. The van der Waals surface area contributed by atoms with Gasteiger partial charge in [0.05, 0.1) is 0 Å². The van der Waals surface area contributed by atoms with Gasteiger partial charge in [-0.3, -0.25) is 0 Å². The van der Waals surface area contributed by atoms with E-state index in [1.165, 1.54) is 44.9 Å². The molecule has 0 heterocycles. The normalized spacial score (nSPS) is 14.4. The Bertz CT molecular complexity index is 144. The summed E-state index contributed by atoms with van der Waals surface area (Å²) >= 11 is 0. The average Bonchev–Trinajstić information content (AvgIpc) is 2.18. The molecule has 0 nitrogen and oxygen atoms in total. The Morgan fingerprint density at radius 3 is 2.36 bits per heavy atom. The van der Waals surface area contributed by atoms with Gasteiger partial charge < -0.3 is 0 Å². The summed E-state index contributed by atoms with van der Waals surface area (Å²) in [6, 6.07) is 0. The molecule has 1 atom stereocenters. The van der Waals surface area contributed by atoms with Crippen LogP contribution in [0.3, 0.4) is 0 Å². The molecule has 0 heteroatoms. The number of allylic oxidation sites excluding steroid dienone is 2. The standard InChI is InChI=1S/C14H28/c1-5-7-8-10-14(4)12-9-11-13(3)6-2/h6,14H,5,7-12H2,1-4H3. The summed E-state index contributed by atoms with van der Waals surface area (Å²) in [5, 5.41) is 0. The second-order valence-corrected chi connectivity index (χ2v) is 4.63.